The fourth-order valence-electron chi connectivity index (χ4n) is 0.651. The molecule has 1 aliphatic heterocycles. The van der Waals surface area contributed by atoms with E-state index in [1.807, 2.05) is 13.8 Å². The van der Waals surface area contributed by atoms with Gasteiger partial charge in [-0.2, -0.15) is 0 Å². The van der Waals surface area contributed by atoms with Gasteiger partial charge in [0.05, 0.1) is 6.04 Å². The minimum absolute atomic E-state index is 0. The van der Waals surface area contributed by atoms with Crippen molar-refractivity contribution in [2.24, 2.45) is 0 Å². The molecule has 11 heavy (non-hydrogen) atoms. The van der Waals surface area contributed by atoms with Gasteiger partial charge in [-0.1, -0.05) is 20.4 Å². The van der Waals surface area contributed by atoms with Crippen LogP contribution in [-0.2, 0) is 4.79 Å². The molecule has 0 aromatic heterocycles. The second-order valence-electron chi connectivity index (χ2n) is 2.07. The Morgan fingerprint density at radius 1 is 1.73 bits per heavy atom. The standard InChI is InChI=1S/C6H10N2O.C2H6.H2/c1-2-6(9)8-5-3-7-4-5;1-2;/h2,5,7H,1,3-4H2,(H,8,9);1-2H3;1H. The molecule has 0 saturated carbocycles. The molecular formula is C8H18N2O. The summed E-state index contributed by atoms with van der Waals surface area (Å²) in [6, 6.07) is 0.329. The lowest BCUT2D eigenvalue weighted by Crippen LogP contribution is -2.56. The Hall–Kier alpha value is -0.830. The Morgan fingerprint density at radius 2 is 2.27 bits per heavy atom. The average molecular weight is 158 g/mol. The predicted octanol–water partition coefficient (Wildman–Crippen LogP) is 0.533. The summed E-state index contributed by atoms with van der Waals surface area (Å²) in [6.07, 6.45) is 1.29. The Morgan fingerprint density at radius 3 is 2.55 bits per heavy atom. The van der Waals surface area contributed by atoms with Crippen molar-refractivity contribution in [3.63, 3.8) is 0 Å². The van der Waals surface area contributed by atoms with Gasteiger partial charge >= 0.3 is 0 Å². The number of hydrogen-bond acceptors (Lipinski definition) is 2. The third kappa shape index (κ3) is 3.78. The van der Waals surface area contributed by atoms with Gasteiger partial charge in [0, 0.05) is 14.5 Å². The number of rotatable bonds is 2. The SMILES string of the molecule is C=CC(=O)NC1CNC1.CC.[HH]. The van der Waals surface area contributed by atoms with Crippen LogP contribution in [0.4, 0.5) is 0 Å². The highest BCUT2D eigenvalue weighted by Crippen LogP contribution is 1.89. The second kappa shape index (κ2) is 5.92. The van der Waals surface area contributed by atoms with Gasteiger partial charge in [-0.15, -0.1) is 0 Å². The van der Waals surface area contributed by atoms with Crippen molar-refractivity contribution < 1.29 is 6.22 Å². The molecular weight excluding hydrogens is 140 g/mol. The van der Waals surface area contributed by atoms with Gasteiger partial charge in [0.15, 0.2) is 0 Å². The molecule has 1 saturated heterocycles. The molecule has 1 aliphatic rings. The minimum atomic E-state index is -0.0819. The van der Waals surface area contributed by atoms with Crippen LogP contribution in [0.3, 0.4) is 0 Å². The Balaban J connectivity index is 0. The summed E-state index contributed by atoms with van der Waals surface area (Å²) in [5, 5.41) is 5.79. The fraction of sp³-hybridized carbons (Fsp3) is 0.625. The van der Waals surface area contributed by atoms with Crippen LogP contribution in [0.2, 0.25) is 0 Å². The molecule has 3 heteroatoms. The summed E-state index contributed by atoms with van der Waals surface area (Å²) >= 11 is 0. The number of nitrogens with one attached hydrogen (secondary N) is 2. The maximum Gasteiger partial charge on any atom is 0.243 e. The van der Waals surface area contributed by atoms with Gasteiger partial charge in [-0.05, 0) is 6.08 Å². The highest BCUT2D eigenvalue weighted by Gasteiger charge is 2.16. The zero-order valence-corrected chi connectivity index (χ0v) is 7.18. The molecule has 0 spiro atoms. The normalized spacial score (nSPS) is 15.5. The van der Waals surface area contributed by atoms with Gasteiger partial charge < -0.3 is 10.6 Å². The van der Waals surface area contributed by atoms with E-state index in [1.54, 1.807) is 0 Å². The third-order valence-corrected chi connectivity index (χ3v) is 1.31. The van der Waals surface area contributed by atoms with Crippen LogP contribution >= 0.6 is 0 Å². The molecule has 3 nitrogen and oxygen atoms in total. The van der Waals surface area contributed by atoms with Crippen LogP contribution in [-0.4, -0.2) is 25.0 Å². The molecule has 0 radical (unpaired) electrons. The summed E-state index contributed by atoms with van der Waals surface area (Å²) in [4.78, 5) is 10.6. The van der Waals surface area contributed by atoms with E-state index in [0.29, 0.717) is 6.04 Å². The van der Waals surface area contributed by atoms with Crippen LogP contribution in [0, 0.1) is 0 Å². The number of hydrogen-bond donors (Lipinski definition) is 2. The maximum absolute atomic E-state index is 10.6. The van der Waals surface area contributed by atoms with E-state index in [9.17, 15) is 4.79 Å². The first-order valence-electron chi connectivity index (χ1n) is 3.96. The van der Waals surface area contributed by atoms with Crippen molar-refractivity contribution in [2.75, 3.05) is 13.1 Å². The molecule has 0 aromatic carbocycles. The fourth-order valence-corrected chi connectivity index (χ4v) is 0.651. The van der Waals surface area contributed by atoms with Crippen molar-refractivity contribution in [3.8, 4) is 0 Å². The monoisotopic (exact) mass is 158 g/mol. The molecule has 0 aromatic rings. The van der Waals surface area contributed by atoms with Crippen molar-refractivity contribution in [1.29, 1.82) is 0 Å². The Bertz CT molecular complexity index is 135. The molecule has 0 bridgehead atoms. The lowest BCUT2D eigenvalue weighted by molar-refractivity contribution is -0.117. The van der Waals surface area contributed by atoms with Crippen LogP contribution in [0.25, 0.3) is 0 Å². The zero-order valence-electron chi connectivity index (χ0n) is 7.18. The molecule has 2 N–H and O–H groups in total. The van der Waals surface area contributed by atoms with E-state index in [4.69, 9.17) is 0 Å². The number of carbonyl (C=O) groups excluding carboxylic acids is 1. The van der Waals surface area contributed by atoms with E-state index in [0.717, 1.165) is 13.1 Å². The average Bonchev–Trinajstić information content (AvgIpc) is 2.00. The quantitative estimate of drug-likeness (QED) is 0.576. The van der Waals surface area contributed by atoms with Crippen molar-refractivity contribution >= 4 is 5.91 Å². The molecule has 1 heterocycles. The molecule has 0 atom stereocenters. The van der Waals surface area contributed by atoms with E-state index >= 15 is 0 Å². The highest BCUT2D eigenvalue weighted by molar-refractivity contribution is 5.87. The van der Waals surface area contributed by atoms with Crippen LogP contribution in [0.15, 0.2) is 12.7 Å². The first kappa shape index (κ1) is 10.2. The second-order valence-corrected chi connectivity index (χ2v) is 2.07. The van der Waals surface area contributed by atoms with Crippen molar-refractivity contribution in [3.05, 3.63) is 12.7 Å². The summed E-state index contributed by atoms with van der Waals surface area (Å²) in [5.74, 6) is -0.0819. The van der Waals surface area contributed by atoms with E-state index in [-0.39, 0.29) is 7.33 Å². The maximum atomic E-state index is 10.6. The van der Waals surface area contributed by atoms with Gasteiger partial charge in [0.1, 0.15) is 0 Å². The number of amides is 1. The Kier molecular flexibility index (Phi) is 5.47. The van der Waals surface area contributed by atoms with Gasteiger partial charge in [-0.3, -0.25) is 4.79 Å². The lowest BCUT2D eigenvalue weighted by Gasteiger charge is -2.27. The molecule has 66 valence electrons. The van der Waals surface area contributed by atoms with Gasteiger partial charge in [0.25, 0.3) is 0 Å². The zero-order chi connectivity index (χ0) is 8.69. The Labute approximate surface area is 69.4 Å². The van der Waals surface area contributed by atoms with Crippen molar-refractivity contribution in [1.82, 2.24) is 10.6 Å². The van der Waals surface area contributed by atoms with Crippen LogP contribution in [0.5, 0.6) is 0 Å². The van der Waals surface area contributed by atoms with E-state index in [2.05, 4.69) is 17.2 Å². The first-order chi connectivity index (χ1) is 5.33. The van der Waals surface area contributed by atoms with E-state index < -0.39 is 0 Å². The van der Waals surface area contributed by atoms with Gasteiger partial charge in [0.2, 0.25) is 5.91 Å². The van der Waals surface area contributed by atoms with Crippen LogP contribution < -0.4 is 10.6 Å². The molecule has 1 fully saturated rings. The topological polar surface area (TPSA) is 41.1 Å². The largest absolute Gasteiger partial charge is 0.347 e. The third-order valence-electron chi connectivity index (χ3n) is 1.31. The molecule has 0 aliphatic carbocycles. The van der Waals surface area contributed by atoms with Crippen LogP contribution in [0.1, 0.15) is 15.3 Å². The van der Waals surface area contributed by atoms with Crippen molar-refractivity contribution in [2.45, 2.75) is 19.9 Å². The summed E-state index contributed by atoms with van der Waals surface area (Å²) < 4.78 is 0. The summed E-state index contributed by atoms with van der Waals surface area (Å²) in [7, 11) is 0. The predicted molar refractivity (Wildman–Crippen MR) is 48.5 cm³/mol. The molecule has 1 amide bonds. The summed E-state index contributed by atoms with van der Waals surface area (Å²) in [5.41, 5.74) is 0. The van der Waals surface area contributed by atoms with E-state index in [1.165, 1.54) is 6.08 Å². The molecule has 1 rings (SSSR count). The minimum Gasteiger partial charge on any atom is -0.347 e. The molecule has 0 unspecified atom stereocenters. The smallest absolute Gasteiger partial charge is 0.243 e. The number of carbonyl (C=O) groups is 1. The first-order valence-corrected chi connectivity index (χ1v) is 3.96. The lowest BCUT2D eigenvalue weighted by atomic mass is 10.2. The summed E-state index contributed by atoms with van der Waals surface area (Å²) in [6.45, 7) is 9.12. The van der Waals surface area contributed by atoms with Gasteiger partial charge in [-0.25, -0.2) is 0 Å². The highest BCUT2D eigenvalue weighted by atomic mass is 16.1.